The van der Waals surface area contributed by atoms with Gasteiger partial charge in [0, 0.05) is 0 Å². The molecule has 0 aliphatic heterocycles. The minimum absolute atomic E-state index is 0. The van der Waals surface area contributed by atoms with Crippen LogP contribution in [0.2, 0.25) is 0 Å². The molecule has 0 heterocycles. The largest absolute Gasteiger partial charge is 2.00 e. The Morgan fingerprint density at radius 3 is 0.800 bits per heavy atom. The van der Waals surface area contributed by atoms with E-state index in [1.165, 1.54) is 0 Å². The van der Waals surface area contributed by atoms with E-state index in [1.54, 1.807) is 0 Å². The second kappa shape index (κ2) is 433. The summed E-state index contributed by atoms with van der Waals surface area (Å²) in [5.41, 5.74) is 0. The number of hydrogen-bond donors (Lipinski definition) is 2. The van der Waals surface area contributed by atoms with Gasteiger partial charge >= 0.3 is 16.5 Å². The Labute approximate surface area is 40.0 Å². The van der Waals surface area contributed by atoms with Crippen molar-refractivity contribution in [2.75, 3.05) is 0 Å². The van der Waals surface area contributed by atoms with Gasteiger partial charge in [-0.25, -0.2) is 0 Å². The smallest absolute Gasteiger partial charge is 0.870 e. The van der Waals surface area contributed by atoms with Crippen LogP contribution < -0.4 is 11.7 Å². The van der Waals surface area contributed by atoms with Crippen LogP contribution in [0.4, 0.5) is 0 Å². The minimum atomic E-state index is 0. The van der Waals surface area contributed by atoms with Gasteiger partial charge < -0.3 is 11.0 Å². The van der Waals surface area contributed by atoms with Crippen LogP contribution in [-0.4, -0.2) is 11.0 Å². The first kappa shape index (κ1) is 56.3. The van der Waals surface area contributed by atoms with Gasteiger partial charge in [-0.3, -0.25) is 11.7 Å². The van der Waals surface area contributed by atoms with Crippen LogP contribution in [0.5, 0.6) is 0 Å². The standard InChI is InChI=1S/H4N2.Ni.2H2O/c1-2;;;/h1-2H2;;2*1H2/q;+2;;/p-2. The predicted molar refractivity (Wildman–Crippen MR) is 12.2 cm³/mol. The first-order valence-corrected chi connectivity index (χ1v) is 0.333. The summed E-state index contributed by atoms with van der Waals surface area (Å²) in [5.74, 6) is 8.00. The van der Waals surface area contributed by atoms with Gasteiger partial charge in [-0.05, 0) is 0 Å². The normalized spacial score (nSPS) is 1.20. The molecule has 0 aliphatic carbocycles. The van der Waals surface area contributed by atoms with Gasteiger partial charge in [0.15, 0.2) is 0 Å². The molecule has 0 amide bonds. The van der Waals surface area contributed by atoms with Crippen molar-refractivity contribution in [3.8, 4) is 0 Å². The van der Waals surface area contributed by atoms with Gasteiger partial charge in [0.1, 0.15) is 0 Å². The summed E-state index contributed by atoms with van der Waals surface area (Å²) >= 11 is 0. The number of hydrogen-bond acceptors (Lipinski definition) is 4. The van der Waals surface area contributed by atoms with E-state index < -0.39 is 0 Å². The molecule has 0 saturated carbocycles. The van der Waals surface area contributed by atoms with E-state index in [9.17, 15) is 0 Å². The van der Waals surface area contributed by atoms with E-state index in [4.69, 9.17) is 0 Å². The van der Waals surface area contributed by atoms with Crippen LogP contribution in [0, 0.1) is 0 Å². The molecule has 0 bridgehead atoms. The SMILES string of the molecule is NN.[Ni+2].[OH-].[OH-]. The molecule has 6 N–H and O–H groups in total. The second-order valence-electron chi connectivity index (χ2n) is 0. The molecule has 0 aromatic heterocycles. The summed E-state index contributed by atoms with van der Waals surface area (Å²) in [4.78, 5) is 0. The molecule has 0 radical (unpaired) electrons. The molecule has 0 aliphatic rings. The van der Waals surface area contributed by atoms with Crippen molar-refractivity contribution < 1.29 is 27.4 Å². The van der Waals surface area contributed by atoms with Crippen LogP contribution in [-0.2, 0) is 16.5 Å². The Kier molecular flexibility index (Phi) is 4880. The third-order valence-corrected chi connectivity index (χ3v) is 0. The van der Waals surface area contributed by atoms with E-state index in [1.807, 2.05) is 0 Å². The van der Waals surface area contributed by atoms with E-state index in [0.717, 1.165) is 0 Å². The number of rotatable bonds is 0. The minimum Gasteiger partial charge on any atom is -0.870 e. The maximum absolute atomic E-state index is 4.00. The molecule has 0 rings (SSSR count). The maximum Gasteiger partial charge on any atom is 2.00 e. The molecule has 38 valence electrons. The summed E-state index contributed by atoms with van der Waals surface area (Å²) in [6.07, 6.45) is 0. The Morgan fingerprint density at radius 1 is 0.800 bits per heavy atom. The van der Waals surface area contributed by atoms with Crippen molar-refractivity contribution in [3.63, 3.8) is 0 Å². The van der Waals surface area contributed by atoms with Gasteiger partial charge in [0.05, 0.1) is 0 Å². The van der Waals surface area contributed by atoms with Crippen molar-refractivity contribution in [2.45, 2.75) is 0 Å². The molecule has 0 spiro atoms. The number of hydrazine groups is 1. The second-order valence-corrected chi connectivity index (χ2v) is 0. The molecule has 4 nitrogen and oxygen atoms in total. The third kappa shape index (κ3) is 212. The summed E-state index contributed by atoms with van der Waals surface area (Å²) < 4.78 is 0. The Morgan fingerprint density at radius 2 is 0.800 bits per heavy atom. The molecule has 0 atom stereocenters. The van der Waals surface area contributed by atoms with Crippen LogP contribution in [0.15, 0.2) is 0 Å². The summed E-state index contributed by atoms with van der Waals surface area (Å²) in [7, 11) is 0. The van der Waals surface area contributed by atoms with Gasteiger partial charge in [-0.2, -0.15) is 0 Å². The zero-order chi connectivity index (χ0) is 2.00. The monoisotopic (exact) mass is 124 g/mol. The molecular weight excluding hydrogens is 119 g/mol. The van der Waals surface area contributed by atoms with Gasteiger partial charge in [0.2, 0.25) is 0 Å². The maximum atomic E-state index is 4.00. The molecule has 0 aromatic carbocycles. The molecule has 0 aromatic rings. The number of nitrogens with two attached hydrogens (primary N) is 2. The fourth-order valence-corrected chi connectivity index (χ4v) is 0. The first-order chi connectivity index (χ1) is 1.00. The van der Waals surface area contributed by atoms with E-state index >= 15 is 0 Å². The van der Waals surface area contributed by atoms with Gasteiger partial charge in [0.25, 0.3) is 0 Å². The zero-order valence-corrected chi connectivity index (χ0v) is 3.35. The van der Waals surface area contributed by atoms with E-state index in [2.05, 4.69) is 11.7 Å². The summed E-state index contributed by atoms with van der Waals surface area (Å²) in [6, 6.07) is 0. The fourth-order valence-electron chi connectivity index (χ4n) is 0. The van der Waals surface area contributed by atoms with Gasteiger partial charge in [-0.15, -0.1) is 0 Å². The Bertz CT molecular complexity index is 7.61. The molecule has 5 heteroatoms. The molecule has 5 heavy (non-hydrogen) atoms. The average molecular weight is 125 g/mol. The predicted octanol–water partition coefficient (Wildman–Crippen LogP) is -1.54. The third-order valence-electron chi connectivity index (χ3n) is 0. The van der Waals surface area contributed by atoms with Gasteiger partial charge in [-0.1, -0.05) is 0 Å². The first-order valence-electron chi connectivity index (χ1n) is 0.333. The zero-order valence-electron chi connectivity index (χ0n) is 2.37. The average Bonchev–Trinajstić information content (AvgIpc) is 1.00. The fraction of sp³-hybridized carbons (Fsp3) is 0. The topological polar surface area (TPSA) is 112 Å². The molecule has 0 unspecified atom stereocenters. The van der Waals surface area contributed by atoms with Crippen molar-refractivity contribution in [1.29, 1.82) is 0 Å². The van der Waals surface area contributed by atoms with Crippen LogP contribution in [0.1, 0.15) is 0 Å². The van der Waals surface area contributed by atoms with Crippen molar-refractivity contribution in [2.24, 2.45) is 11.7 Å². The van der Waals surface area contributed by atoms with Crippen LogP contribution in [0.3, 0.4) is 0 Å². The van der Waals surface area contributed by atoms with E-state index in [0.29, 0.717) is 0 Å². The summed E-state index contributed by atoms with van der Waals surface area (Å²) in [6.45, 7) is 0. The van der Waals surface area contributed by atoms with Crippen LogP contribution >= 0.6 is 0 Å². The van der Waals surface area contributed by atoms with Crippen molar-refractivity contribution >= 4 is 0 Å². The molecular formula is H6N2NiO2. The quantitative estimate of drug-likeness (QED) is 0.232. The summed E-state index contributed by atoms with van der Waals surface area (Å²) in [5, 5.41) is 0. The molecule has 0 saturated heterocycles. The van der Waals surface area contributed by atoms with Crippen molar-refractivity contribution in [3.05, 3.63) is 0 Å². The Hall–Kier alpha value is 0.334. The van der Waals surface area contributed by atoms with E-state index in [-0.39, 0.29) is 27.4 Å². The van der Waals surface area contributed by atoms with Crippen LogP contribution in [0.25, 0.3) is 0 Å². The molecule has 0 fully saturated rings. The van der Waals surface area contributed by atoms with Crippen molar-refractivity contribution in [1.82, 2.24) is 0 Å². The Balaban J connectivity index is -0.00000000167.